The Morgan fingerprint density at radius 1 is 0.842 bits per heavy atom. The number of rotatable bonds is 8. The van der Waals surface area contributed by atoms with Gasteiger partial charge in [0.2, 0.25) is 0 Å². The van der Waals surface area contributed by atoms with Crippen molar-refractivity contribution in [3.8, 4) is 11.5 Å². The summed E-state index contributed by atoms with van der Waals surface area (Å²) in [5, 5.41) is 9.92. The van der Waals surface area contributed by atoms with E-state index < -0.39 is 54.2 Å². The molecule has 7 fully saturated rings. The van der Waals surface area contributed by atoms with Crippen molar-refractivity contribution in [2.45, 2.75) is 167 Å². The van der Waals surface area contributed by atoms with Gasteiger partial charge in [0.15, 0.2) is 5.75 Å². The number of nitrogens with zero attached hydrogens (tertiary/aromatic N) is 2. The fraction of sp³-hybridized carbons (Fsp3) is 0.762. The molecule has 15 heteroatoms. The van der Waals surface area contributed by atoms with Gasteiger partial charge in [-0.3, -0.25) is 9.80 Å². The predicted molar refractivity (Wildman–Crippen MR) is 208 cm³/mol. The van der Waals surface area contributed by atoms with Crippen LogP contribution < -0.4 is 9.47 Å². The molecule has 314 valence electrons. The zero-order valence-corrected chi connectivity index (χ0v) is 35.6. The first-order valence-electron chi connectivity index (χ1n) is 20.5. The number of hydrogen-bond acceptors (Lipinski definition) is 12. The molecule has 4 aliphatic carbocycles. The molecule has 1 amide bonds. The summed E-state index contributed by atoms with van der Waals surface area (Å²) in [6, 6.07) is 2.32. The number of aliphatic carboxylic acids is 1. The van der Waals surface area contributed by atoms with Gasteiger partial charge in [-0.2, -0.15) is 0 Å². The lowest BCUT2D eigenvalue weighted by molar-refractivity contribution is -0.199. The topological polar surface area (TPSA) is 160 Å². The number of ether oxygens (including phenoxy) is 5. The van der Waals surface area contributed by atoms with E-state index in [2.05, 4.69) is 25.7 Å². The summed E-state index contributed by atoms with van der Waals surface area (Å²) in [4.78, 5) is 56.0. The van der Waals surface area contributed by atoms with E-state index in [0.29, 0.717) is 36.9 Å². The molecule has 0 radical (unpaired) electrons. The van der Waals surface area contributed by atoms with Crippen LogP contribution in [0.15, 0.2) is 12.1 Å². The van der Waals surface area contributed by atoms with E-state index in [0.717, 1.165) is 12.8 Å². The summed E-state index contributed by atoms with van der Waals surface area (Å²) in [5.41, 5.74) is -2.06. The van der Waals surface area contributed by atoms with Crippen molar-refractivity contribution in [1.29, 1.82) is 0 Å². The smallest absolute Gasteiger partial charge is 0.487 e. The van der Waals surface area contributed by atoms with E-state index in [4.69, 9.17) is 33.0 Å². The quantitative estimate of drug-likeness (QED) is 0.123. The van der Waals surface area contributed by atoms with Gasteiger partial charge < -0.3 is 38.1 Å². The molecule has 1 N–H and O–H groups in total. The molecule has 8 atom stereocenters. The highest BCUT2D eigenvalue weighted by atomic mass is 16.7. The van der Waals surface area contributed by atoms with Crippen molar-refractivity contribution in [3.63, 3.8) is 0 Å². The number of benzene rings is 1. The Bertz CT molecular complexity index is 1790. The standard InChI is InChI=1S/C42H61BN2O12/c1-38(2,3)53-35(48)32-29(51-24-20-44(21-24)23-17-28(34(46)47)45(19-23)36(49)54-39(4,5)6)14-13-25(33(32)52-37(50)55-40(7,8)9)26-18-27(26)43-56-31-16-22-15-30(41(22,10)11)42(31,12)57-43/h13-14,22-24,26-28,30-31H,15-21H2,1-12H3,(H,46,47)/t22-,23-,26?,27?,28-,30-,31?,42-/m0/s1. The van der Waals surface area contributed by atoms with E-state index in [9.17, 15) is 24.3 Å². The highest BCUT2D eigenvalue weighted by molar-refractivity contribution is 6.49. The van der Waals surface area contributed by atoms with Gasteiger partial charge >= 0.3 is 31.3 Å². The molecule has 8 rings (SSSR count). The third-order valence-corrected chi connectivity index (χ3v) is 12.8. The molecule has 7 aliphatic rings. The van der Waals surface area contributed by atoms with Crippen LogP contribution in [0.25, 0.3) is 0 Å². The molecule has 14 nitrogen and oxygen atoms in total. The minimum Gasteiger partial charge on any atom is -0.487 e. The molecule has 57 heavy (non-hydrogen) atoms. The summed E-state index contributed by atoms with van der Waals surface area (Å²) in [6.07, 6.45) is 1.07. The Morgan fingerprint density at radius 2 is 1.49 bits per heavy atom. The van der Waals surface area contributed by atoms with E-state index >= 15 is 0 Å². The lowest BCUT2D eigenvalue weighted by Gasteiger charge is -2.64. The summed E-state index contributed by atoms with van der Waals surface area (Å²) in [7, 11) is -0.432. The average Bonchev–Trinajstić information content (AvgIpc) is 3.54. The molecular formula is C42H61BN2O12. The minimum atomic E-state index is -1.09. The molecule has 3 heterocycles. The normalized spacial score (nSPS) is 32.1. The van der Waals surface area contributed by atoms with Gasteiger partial charge in [0, 0.05) is 31.5 Å². The number of carbonyl (C=O) groups excluding carboxylic acids is 3. The molecule has 0 aromatic heterocycles. The summed E-state index contributed by atoms with van der Waals surface area (Å²) >= 11 is 0. The highest BCUT2D eigenvalue weighted by Gasteiger charge is 2.70. The number of amides is 1. The molecule has 1 aromatic rings. The van der Waals surface area contributed by atoms with Crippen LogP contribution in [-0.4, -0.2) is 113 Å². The van der Waals surface area contributed by atoms with Crippen molar-refractivity contribution < 1.29 is 57.3 Å². The molecule has 3 saturated heterocycles. The predicted octanol–water partition coefficient (Wildman–Crippen LogP) is 7.07. The van der Waals surface area contributed by atoms with Gasteiger partial charge in [0.25, 0.3) is 0 Å². The highest BCUT2D eigenvalue weighted by Crippen LogP contribution is 2.68. The van der Waals surface area contributed by atoms with Crippen molar-refractivity contribution in [2.24, 2.45) is 17.3 Å². The van der Waals surface area contributed by atoms with Gasteiger partial charge in [0.1, 0.15) is 40.3 Å². The van der Waals surface area contributed by atoms with Gasteiger partial charge in [-0.05, 0) is 130 Å². The van der Waals surface area contributed by atoms with E-state index in [1.165, 1.54) is 4.90 Å². The van der Waals surface area contributed by atoms with Crippen molar-refractivity contribution >= 4 is 31.3 Å². The maximum atomic E-state index is 14.2. The van der Waals surface area contributed by atoms with Gasteiger partial charge in [-0.1, -0.05) is 19.9 Å². The van der Waals surface area contributed by atoms with Gasteiger partial charge in [-0.25, -0.2) is 19.2 Å². The summed E-state index contributed by atoms with van der Waals surface area (Å²) < 4.78 is 43.0. The van der Waals surface area contributed by atoms with Crippen LogP contribution in [-0.2, 0) is 28.3 Å². The molecule has 3 aliphatic heterocycles. The Kier molecular flexibility index (Phi) is 10.2. The maximum absolute atomic E-state index is 14.2. The second-order valence-electron chi connectivity index (χ2n) is 20.8. The first-order chi connectivity index (χ1) is 26.2. The monoisotopic (exact) mass is 796 g/mol. The molecule has 2 bridgehead atoms. The molecule has 3 unspecified atom stereocenters. The molecule has 4 saturated carbocycles. The van der Waals surface area contributed by atoms with Gasteiger partial charge in [0.05, 0.1) is 11.7 Å². The van der Waals surface area contributed by atoms with Crippen LogP contribution in [0.5, 0.6) is 11.5 Å². The second-order valence-corrected chi connectivity index (χ2v) is 20.8. The second kappa shape index (κ2) is 14.0. The van der Waals surface area contributed by atoms with Crippen molar-refractivity contribution in [1.82, 2.24) is 9.80 Å². The zero-order chi connectivity index (χ0) is 41.8. The number of hydrogen-bond donors (Lipinski definition) is 1. The third kappa shape index (κ3) is 8.22. The van der Waals surface area contributed by atoms with E-state index in [1.54, 1.807) is 68.4 Å². The minimum absolute atomic E-state index is 0.0169. The van der Waals surface area contributed by atoms with Gasteiger partial charge in [-0.15, -0.1) is 0 Å². The van der Waals surface area contributed by atoms with Crippen LogP contribution in [0.3, 0.4) is 0 Å². The van der Waals surface area contributed by atoms with Crippen LogP contribution in [0, 0.1) is 17.3 Å². The van der Waals surface area contributed by atoms with E-state index in [1.807, 2.05) is 6.07 Å². The van der Waals surface area contributed by atoms with E-state index in [-0.39, 0.29) is 71.0 Å². The molecule has 0 spiro atoms. The molecule has 1 aromatic carbocycles. The summed E-state index contributed by atoms with van der Waals surface area (Å²) in [5.74, 6) is -0.715. The van der Waals surface area contributed by atoms with Crippen molar-refractivity contribution in [3.05, 3.63) is 23.3 Å². The van der Waals surface area contributed by atoms with Crippen LogP contribution in [0.1, 0.15) is 131 Å². The Morgan fingerprint density at radius 3 is 2.09 bits per heavy atom. The fourth-order valence-corrected chi connectivity index (χ4v) is 9.77. The lowest BCUT2D eigenvalue weighted by Crippen LogP contribution is -2.65. The summed E-state index contributed by atoms with van der Waals surface area (Å²) in [6.45, 7) is 23.6. The van der Waals surface area contributed by atoms with Crippen LogP contribution in [0.4, 0.5) is 9.59 Å². The number of likely N-dealkylation sites (tertiary alicyclic amines) is 2. The lowest BCUT2D eigenvalue weighted by atomic mass is 9.43. The largest absolute Gasteiger partial charge is 0.514 e. The Balaban J connectivity index is 1.13. The van der Waals surface area contributed by atoms with Crippen molar-refractivity contribution in [2.75, 3.05) is 19.6 Å². The number of carboxylic acid groups (broad SMARTS) is 1. The first-order valence-corrected chi connectivity index (χ1v) is 20.5. The molecular weight excluding hydrogens is 735 g/mol. The number of esters is 1. The van der Waals surface area contributed by atoms with Crippen LogP contribution >= 0.6 is 0 Å². The zero-order valence-electron chi connectivity index (χ0n) is 35.6. The number of carboxylic acids is 1. The SMILES string of the molecule is CC(C)(C)OC(=O)Oc1c(C2CC2B2OC3C[C@@H]4C[C@@H](C4(C)C)[C@]3(C)O2)ccc(OC2CN([C@H]3C[C@@H](C(=O)O)N(C(=O)OC(C)(C)C)C3)C2)c1C(=O)OC(C)(C)C. The number of carbonyl (C=O) groups is 4. The van der Waals surface area contributed by atoms with Crippen LogP contribution in [0.2, 0.25) is 5.82 Å². The Labute approximate surface area is 336 Å². The third-order valence-electron chi connectivity index (χ3n) is 12.8. The Hall–Kier alpha value is -3.56. The fourth-order valence-electron chi connectivity index (χ4n) is 9.77. The maximum Gasteiger partial charge on any atom is 0.514 e. The first kappa shape index (κ1) is 41.6. The average molecular weight is 797 g/mol.